The third kappa shape index (κ3) is 3.56. The number of nitrogens with two attached hydrogens (primary N) is 1. The van der Waals surface area contributed by atoms with E-state index >= 15 is 0 Å². The van der Waals surface area contributed by atoms with Crippen molar-refractivity contribution in [3.63, 3.8) is 0 Å². The van der Waals surface area contributed by atoms with E-state index in [9.17, 15) is 19.2 Å². The van der Waals surface area contributed by atoms with Crippen LogP contribution in [0.5, 0.6) is 0 Å². The highest BCUT2D eigenvalue weighted by atomic mass is 16.5. The van der Waals surface area contributed by atoms with Crippen LogP contribution < -0.4 is 11.1 Å². The lowest BCUT2D eigenvalue weighted by molar-refractivity contribution is -0.136. The molecule has 0 radical (unpaired) electrons. The standard InChI is InChI=1S/C22H26N4O5/c23-14-10-22(31-12-14)5-7-25(8-6-22)11-13-1-2-15-16(9-13)21(30)26(20(15)29)17-3-4-18(27)24-19(17)28/h1-2,9,14,17H,3-8,10-12,23H2,(H,24,27,28). The Morgan fingerprint density at radius 3 is 2.52 bits per heavy atom. The molecule has 31 heavy (non-hydrogen) atoms. The Kier molecular flexibility index (Phi) is 4.91. The van der Waals surface area contributed by atoms with Gasteiger partial charge in [0.25, 0.3) is 11.8 Å². The first-order valence-corrected chi connectivity index (χ1v) is 10.8. The lowest BCUT2D eigenvalue weighted by Crippen LogP contribution is -2.54. The van der Waals surface area contributed by atoms with Gasteiger partial charge in [0, 0.05) is 32.1 Å². The monoisotopic (exact) mass is 426 g/mol. The minimum Gasteiger partial charge on any atom is -0.373 e. The van der Waals surface area contributed by atoms with E-state index in [0.29, 0.717) is 24.3 Å². The molecule has 9 heteroatoms. The zero-order chi connectivity index (χ0) is 21.8. The van der Waals surface area contributed by atoms with Gasteiger partial charge in [-0.1, -0.05) is 6.07 Å². The number of amides is 4. The van der Waals surface area contributed by atoms with Gasteiger partial charge in [0.15, 0.2) is 0 Å². The number of fused-ring (bicyclic) bond motifs is 1. The highest BCUT2D eigenvalue weighted by molar-refractivity contribution is 6.23. The SMILES string of the molecule is NC1COC2(CCN(Cc3ccc4c(c3)C(=O)N(C3CCC(=O)NC3=O)C4=O)CC2)C1. The molecule has 2 unspecified atom stereocenters. The second kappa shape index (κ2) is 7.51. The van der Waals surface area contributed by atoms with Crippen LogP contribution in [-0.4, -0.2) is 70.8 Å². The van der Waals surface area contributed by atoms with Gasteiger partial charge < -0.3 is 10.5 Å². The van der Waals surface area contributed by atoms with E-state index in [1.807, 2.05) is 6.07 Å². The van der Waals surface area contributed by atoms with E-state index < -0.39 is 23.8 Å². The zero-order valence-electron chi connectivity index (χ0n) is 17.3. The number of rotatable bonds is 3. The van der Waals surface area contributed by atoms with Gasteiger partial charge in [-0.05, 0) is 43.4 Å². The highest BCUT2D eigenvalue weighted by Crippen LogP contribution is 2.36. The molecule has 4 amide bonds. The summed E-state index contributed by atoms with van der Waals surface area (Å²) in [4.78, 5) is 52.7. The van der Waals surface area contributed by atoms with Crippen LogP contribution in [0.2, 0.25) is 0 Å². The maximum absolute atomic E-state index is 13.0. The first-order chi connectivity index (χ1) is 14.8. The number of likely N-dealkylation sites (tertiary alicyclic amines) is 1. The molecule has 1 spiro atoms. The Morgan fingerprint density at radius 2 is 1.84 bits per heavy atom. The molecule has 0 aliphatic carbocycles. The Hall–Kier alpha value is -2.62. The minimum absolute atomic E-state index is 0.0846. The average Bonchev–Trinajstić information content (AvgIpc) is 3.22. The summed E-state index contributed by atoms with van der Waals surface area (Å²) >= 11 is 0. The van der Waals surface area contributed by atoms with Crippen LogP contribution in [0.3, 0.4) is 0 Å². The van der Waals surface area contributed by atoms with Crippen molar-refractivity contribution < 1.29 is 23.9 Å². The van der Waals surface area contributed by atoms with Crippen molar-refractivity contribution in [3.8, 4) is 0 Å². The van der Waals surface area contributed by atoms with Crippen molar-refractivity contribution in [3.05, 3.63) is 34.9 Å². The minimum atomic E-state index is -0.940. The fraction of sp³-hybridized carbons (Fsp3) is 0.545. The van der Waals surface area contributed by atoms with Crippen LogP contribution in [0.4, 0.5) is 0 Å². The molecule has 3 N–H and O–H groups in total. The molecule has 9 nitrogen and oxygen atoms in total. The summed E-state index contributed by atoms with van der Waals surface area (Å²) in [6.45, 7) is 3.08. The maximum atomic E-state index is 13.0. The summed E-state index contributed by atoms with van der Waals surface area (Å²) < 4.78 is 5.97. The van der Waals surface area contributed by atoms with Crippen molar-refractivity contribution >= 4 is 23.6 Å². The molecular weight excluding hydrogens is 400 g/mol. The average molecular weight is 426 g/mol. The maximum Gasteiger partial charge on any atom is 0.262 e. The van der Waals surface area contributed by atoms with Crippen molar-refractivity contribution in [2.45, 2.75) is 56.3 Å². The molecule has 4 heterocycles. The van der Waals surface area contributed by atoms with Crippen LogP contribution in [0.25, 0.3) is 0 Å². The summed E-state index contributed by atoms with van der Waals surface area (Å²) in [5.41, 5.74) is 7.51. The number of piperidine rings is 2. The van der Waals surface area contributed by atoms with Gasteiger partial charge in [0.1, 0.15) is 6.04 Å². The molecule has 1 aromatic carbocycles. The van der Waals surface area contributed by atoms with Crippen molar-refractivity contribution in [2.75, 3.05) is 19.7 Å². The number of nitrogens with one attached hydrogen (secondary N) is 1. The second-order valence-electron chi connectivity index (χ2n) is 9.06. The van der Waals surface area contributed by atoms with E-state index in [0.717, 1.165) is 42.8 Å². The number of imide groups is 2. The van der Waals surface area contributed by atoms with Gasteiger partial charge in [-0.25, -0.2) is 0 Å². The predicted octanol–water partition coefficient (Wildman–Crippen LogP) is 0.170. The lowest BCUT2D eigenvalue weighted by atomic mass is 9.87. The Morgan fingerprint density at radius 1 is 1.10 bits per heavy atom. The van der Waals surface area contributed by atoms with Gasteiger partial charge in [0.05, 0.1) is 23.3 Å². The second-order valence-corrected chi connectivity index (χ2v) is 9.06. The molecule has 164 valence electrons. The highest BCUT2D eigenvalue weighted by Gasteiger charge is 2.45. The molecule has 3 saturated heterocycles. The van der Waals surface area contributed by atoms with E-state index in [4.69, 9.17) is 10.5 Å². The largest absolute Gasteiger partial charge is 0.373 e. The summed E-state index contributed by atoms with van der Waals surface area (Å²) in [5.74, 6) is -1.92. The number of hydrogen-bond acceptors (Lipinski definition) is 7. The predicted molar refractivity (Wildman–Crippen MR) is 109 cm³/mol. The molecule has 0 aromatic heterocycles. The quantitative estimate of drug-likeness (QED) is 0.661. The molecule has 5 rings (SSSR count). The topological polar surface area (TPSA) is 122 Å². The summed E-state index contributed by atoms with van der Waals surface area (Å²) in [6.07, 6.45) is 3.05. The van der Waals surface area contributed by atoms with Gasteiger partial charge in [-0.2, -0.15) is 0 Å². The summed E-state index contributed by atoms with van der Waals surface area (Å²) in [6, 6.07) is 4.48. The number of benzene rings is 1. The molecule has 4 aliphatic rings. The van der Waals surface area contributed by atoms with Crippen molar-refractivity contribution in [1.29, 1.82) is 0 Å². The summed E-state index contributed by atoms with van der Waals surface area (Å²) in [7, 11) is 0. The van der Waals surface area contributed by atoms with Gasteiger partial charge in [-0.15, -0.1) is 0 Å². The molecule has 0 saturated carbocycles. The number of ether oxygens (including phenoxy) is 1. The molecular formula is C22H26N4O5. The van der Waals surface area contributed by atoms with E-state index in [-0.39, 0.29) is 30.4 Å². The Balaban J connectivity index is 1.27. The van der Waals surface area contributed by atoms with Crippen LogP contribution in [-0.2, 0) is 20.9 Å². The fourth-order valence-electron chi connectivity index (χ4n) is 5.22. The number of hydrogen-bond donors (Lipinski definition) is 2. The third-order valence-electron chi connectivity index (χ3n) is 6.92. The fourth-order valence-corrected chi connectivity index (χ4v) is 5.22. The van der Waals surface area contributed by atoms with Crippen LogP contribution in [0.15, 0.2) is 18.2 Å². The number of nitrogens with zero attached hydrogens (tertiary/aromatic N) is 2. The van der Waals surface area contributed by atoms with Crippen molar-refractivity contribution in [1.82, 2.24) is 15.1 Å². The first-order valence-electron chi connectivity index (χ1n) is 10.8. The van der Waals surface area contributed by atoms with Gasteiger partial charge in [0.2, 0.25) is 11.8 Å². The van der Waals surface area contributed by atoms with Crippen molar-refractivity contribution in [2.24, 2.45) is 5.73 Å². The first kappa shape index (κ1) is 20.3. The Bertz CT molecular complexity index is 969. The molecule has 3 fully saturated rings. The van der Waals surface area contributed by atoms with E-state index in [1.54, 1.807) is 12.1 Å². The van der Waals surface area contributed by atoms with E-state index in [1.165, 1.54) is 0 Å². The number of carbonyl (C=O) groups is 4. The molecule has 0 bridgehead atoms. The third-order valence-corrected chi connectivity index (χ3v) is 6.92. The van der Waals surface area contributed by atoms with E-state index in [2.05, 4.69) is 10.2 Å². The number of carbonyl (C=O) groups excluding carboxylic acids is 4. The Labute approximate surface area is 179 Å². The lowest BCUT2D eigenvalue weighted by Gasteiger charge is -2.38. The van der Waals surface area contributed by atoms with Crippen LogP contribution >= 0.6 is 0 Å². The molecule has 2 atom stereocenters. The summed E-state index contributed by atoms with van der Waals surface area (Å²) in [5, 5.41) is 2.21. The molecule has 4 aliphatic heterocycles. The molecule has 1 aromatic rings. The van der Waals surface area contributed by atoms with Crippen LogP contribution in [0.1, 0.15) is 58.4 Å². The normalized spacial score (nSPS) is 28.4. The smallest absolute Gasteiger partial charge is 0.262 e. The zero-order valence-corrected chi connectivity index (χ0v) is 17.3. The van der Waals surface area contributed by atoms with Crippen LogP contribution in [0, 0.1) is 0 Å². The van der Waals surface area contributed by atoms with Gasteiger partial charge >= 0.3 is 0 Å². The van der Waals surface area contributed by atoms with Gasteiger partial charge in [-0.3, -0.25) is 34.3 Å².